The Hall–Kier alpha value is -1.48. The van der Waals surface area contributed by atoms with Crippen molar-refractivity contribution in [2.75, 3.05) is 24.7 Å². The zero-order valence-electron chi connectivity index (χ0n) is 10.2. The van der Waals surface area contributed by atoms with E-state index in [1.54, 1.807) is 22.2 Å². The molecule has 9 heteroatoms. The highest BCUT2D eigenvalue weighted by molar-refractivity contribution is 8.01. The minimum Gasteiger partial charge on any atom is -0.368 e. The molecule has 0 spiro atoms. The lowest BCUT2D eigenvalue weighted by Gasteiger charge is -2.13. The summed E-state index contributed by atoms with van der Waals surface area (Å²) in [4.78, 5) is 14.4. The fourth-order valence-corrected chi connectivity index (χ4v) is 2.87. The predicted molar refractivity (Wildman–Crippen MR) is 72.7 cm³/mol. The number of nitrogen functional groups attached to an aromatic ring is 1. The molecule has 0 saturated heterocycles. The van der Waals surface area contributed by atoms with Gasteiger partial charge in [-0.1, -0.05) is 23.1 Å². The zero-order valence-corrected chi connectivity index (χ0v) is 11.9. The van der Waals surface area contributed by atoms with Crippen molar-refractivity contribution < 1.29 is 0 Å². The van der Waals surface area contributed by atoms with E-state index in [0.717, 1.165) is 4.34 Å². The minimum absolute atomic E-state index is 0.0435. The van der Waals surface area contributed by atoms with Gasteiger partial charge in [0.25, 0.3) is 0 Å². The maximum atomic E-state index is 5.68. The highest BCUT2D eigenvalue weighted by atomic mass is 32.2. The normalized spacial score (nSPS) is 12.4. The van der Waals surface area contributed by atoms with Gasteiger partial charge >= 0.3 is 0 Å². The maximum Gasteiger partial charge on any atom is 0.229 e. The first kappa shape index (κ1) is 13.0. The van der Waals surface area contributed by atoms with E-state index in [1.165, 1.54) is 11.3 Å². The fraction of sp³-hybridized carbons (Fsp3) is 0.444. The van der Waals surface area contributed by atoms with E-state index in [0.29, 0.717) is 11.8 Å². The molecule has 0 aliphatic carbocycles. The number of rotatable bonds is 4. The van der Waals surface area contributed by atoms with Gasteiger partial charge < -0.3 is 10.6 Å². The second-order valence-corrected chi connectivity index (χ2v) is 6.13. The van der Waals surface area contributed by atoms with Gasteiger partial charge in [-0.15, -0.1) is 10.2 Å². The lowest BCUT2D eigenvalue weighted by atomic mass is 10.4. The summed E-state index contributed by atoms with van der Waals surface area (Å²) < 4.78 is 0.882. The van der Waals surface area contributed by atoms with Gasteiger partial charge in [0.15, 0.2) is 4.34 Å². The van der Waals surface area contributed by atoms with Crippen LogP contribution in [0.2, 0.25) is 0 Å². The second kappa shape index (κ2) is 5.44. The number of anilines is 2. The number of nitrogens with zero attached hydrogens (tertiary/aromatic N) is 6. The number of thioether (sulfide) groups is 1. The summed E-state index contributed by atoms with van der Waals surface area (Å²) in [6.07, 6.45) is 0. The van der Waals surface area contributed by atoms with Crippen molar-refractivity contribution in [1.82, 2.24) is 25.1 Å². The van der Waals surface area contributed by atoms with Crippen LogP contribution in [0.15, 0.2) is 9.85 Å². The molecule has 0 amide bonds. The molecule has 0 aliphatic rings. The number of aromatic nitrogens is 5. The van der Waals surface area contributed by atoms with E-state index in [2.05, 4.69) is 25.1 Å². The molecule has 18 heavy (non-hydrogen) atoms. The van der Waals surface area contributed by atoms with E-state index < -0.39 is 0 Å². The highest BCUT2D eigenvalue weighted by Crippen LogP contribution is 2.33. The van der Waals surface area contributed by atoms with Gasteiger partial charge in [0.1, 0.15) is 11.3 Å². The van der Waals surface area contributed by atoms with E-state index in [-0.39, 0.29) is 11.2 Å². The molecule has 2 N–H and O–H groups in total. The highest BCUT2D eigenvalue weighted by Gasteiger charge is 2.15. The molecule has 96 valence electrons. The monoisotopic (exact) mass is 283 g/mol. The Morgan fingerprint density at radius 2 is 2.11 bits per heavy atom. The molecular formula is C9H13N7S2. The van der Waals surface area contributed by atoms with Crippen molar-refractivity contribution in [3.05, 3.63) is 11.3 Å². The van der Waals surface area contributed by atoms with Crippen LogP contribution in [0.25, 0.3) is 0 Å². The molecule has 7 nitrogen and oxygen atoms in total. The molecule has 1 atom stereocenters. The molecule has 0 saturated carbocycles. The minimum atomic E-state index is 0.0435. The Labute approximate surface area is 113 Å². The first-order chi connectivity index (χ1) is 8.56. The zero-order chi connectivity index (χ0) is 13.1. The Morgan fingerprint density at radius 1 is 1.33 bits per heavy atom. The number of hydrogen-bond donors (Lipinski definition) is 1. The lowest BCUT2D eigenvalue weighted by molar-refractivity contribution is 0.863. The van der Waals surface area contributed by atoms with Gasteiger partial charge in [-0.05, 0) is 6.92 Å². The molecule has 0 bridgehead atoms. The van der Waals surface area contributed by atoms with Crippen LogP contribution in [-0.2, 0) is 0 Å². The van der Waals surface area contributed by atoms with Crippen LogP contribution in [0.4, 0.5) is 11.9 Å². The lowest BCUT2D eigenvalue weighted by Crippen LogP contribution is -2.16. The molecule has 0 aliphatic heterocycles. The third kappa shape index (κ3) is 3.05. The van der Waals surface area contributed by atoms with Gasteiger partial charge in [0.05, 0.1) is 5.25 Å². The molecule has 0 radical (unpaired) electrons. The van der Waals surface area contributed by atoms with Gasteiger partial charge in [0.2, 0.25) is 11.9 Å². The SMILES string of the molecule is C[C@@H](Sc1nncs1)c1nc(N)nc(N(C)C)n1. The van der Waals surface area contributed by atoms with Crippen LogP contribution < -0.4 is 10.6 Å². The van der Waals surface area contributed by atoms with E-state index in [1.807, 2.05) is 21.0 Å². The summed E-state index contributed by atoms with van der Waals surface area (Å²) in [6, 6.07) is 0. The smallest absolute Gasteiger partial charge is 0.229 e. The van der Waals surface area contributed by atoms with E-state index >= 15 is 0 Å². The van der Waals surface area contributed by atoms with Gasteiger partial charge in [-0.25, -0.2) is 0 Å². The van der Waals surface area contributed by atoms with Crippen LogP contribution in [0, 0.1) is 0 Å². The Morgan fingerprint density at radius 3 is 2.72 bits per heavy atom. The Balaban J connectivity index is 2.21. The molecule has 0 aromatic carbocycles. The fourth-order valence-electron chi connectivity index (χ4n) is 1.20. The summed E-state index contributed by atoms with van der Waals surface area (Å²) in [7, 11) is 3.72. The molecule has 2 rings (SSSR count). The van der Waals surface area contributed by atoms with E-state index in [4.69, 9.17) is 5.73 Å². The van der Waals surface area contributed by atoms with Crippen molar-refractivity contribution in [3.8, 4) is 0 Å². The van der Waals surface area contributed by atoms with Crippen LogP contribution in [-0.4, -0.2) is 39.2 Å². The maximum absolute atomic E-state index is 5.68. The topological polar surface area (TPSA) is 93.7 Å². The van der Waals surface area contributed by atoms with E-state index in [9.17, 15) is 0 Å². The van der Waals surface area contributed by atoms with Crippen LogP contribution >= 0.6 is 23.1 Å². The van der Waals surface area contributed by atoms with Crippen molar-refractivity contribution in [2.24, 2.45) is 0 Å². The van der Waals surface area contributed by atoms with Crippen molar-refractivity contribution >= 4 is 35.0 Å². The molecule has 2 aromatic heterocycles. The van der Waals surface area contributed by atoms with Gasteiger partial charge in [0, 0.05) is 14.1 Å². The van der Waals surface area contributed by atoms with Gasteiger partial charge in [-0.2, -0.15) is 15.0 Å². The summed E-state index contributed by atoms with van der Waals surface area (Å²) in [5, 5.41) is 7.82. The first-order valence-electron chi connectivity index (χ1n) is 5.18. The van der Waals surface area contributed by atoms with Crippen LogP contribution in [0.3, 0.4) is 0 Å². The molecular weight excluding hydrogens is 270 g/mol. The number of hydrogen-bond acceptors (Lipinski definition) is 9. The van der Waals surface area contributed by atoms with Gasteiger partial charge in [-0.3, -0.25) is 0 Å². The quantitative estimate of drug-likeness (QED) is 0.837. The summed E-state index contributed by atoms with van der Waals surface area (Å²) >= 11 is 3.04. The van der Waals surface area contributed by atoms with Crippen molar-refractivity contribution in [1.29, 1.82) is 0 Å². The molecule has 2 heterocycles. The van der Waals surface area contributed by atoms with Crippen LogP contribution in [0.1, 0.15) is 18.0 Å². The Bertz CT molecular complexity index is 514. The summed E-state index contributed by atoms with van der Waals surface area (Å²) in [5.41, 5.74) is 7.38. The molecule has 0 unspecified atom stereocenters. The first-order valence-corrected chi connectivity index (χ1v) is 6.94. The molecule has 2 aromatic rings. The number of nitrogens with two attached hydrogens (primary N) is 1. The van der Waals surface area contributed by atoms with Crippen molar-refractivity contribution in [3.63, 3.8) is 0 Å². The average molecular weight is 283 g/mol. The second-order valence-electron chi connectivity index (χ2n) is 3.71. The standard InChI is InChI=1S/C9H13N7S2/c1-5(18-9-15-11-4-17-9)6-12-7(10)14-8(13-6)16(2)3/h4-5H,1-3H3,(H2,10,12,13,14)/t5-/m1/s1. The summed E-state index contributed by atoms with van der Waals surface area (Å²) in [6.45, 7) is 2.00. The Kier molecular flexibility index (Phi) is 3.92. The van der Waals surface area contributed by atoms with Crippen LogP contribution in [0.5, 0.6) is 0 Å². The largest absolute Gasteiger partial charge is 0.368 e. The molecule has 0 fully saturated rings. The third-order valence-electron chi connectivity index (χ3n) is 2.04. The average Bonchev–Trinajstić information content (AvgIpc) is 2.80. The predicted octanol–water partition coefficient (Wildman–Crippen LogP) is 1.22. The van der Waals surface area contributed by atoms with Crippen molar-refractivity contribution in [2.45, 2.75) is 16.5 Å². The third-order valence-corrected chi connectivity index (χ3v) is 3.95. The summed E-state index contributed by atoms with van der Waals surface area (Å²) in [5.74, 6) is 1.43.